The largest absolute Gasteiger partial charge is 0.417 e. The molecule has 30 heavy (non-hydrogen) atoms. The van der Waals surface area contributed by atoms with Gasteiger partial charge in [0.05, 0.1) is 21.0 Å². The highest BCUT2D eigenvalue weighted by Crippen LogP contribution is 2.36. The minimum absolute atomic E-state index is 0.145. The van der Waals surface area contributed by atoms with Crippen LogP contribution in [0.4, 0.5) is 22.0 Å². The van der Waals surface area contributed by atoms with Crippen LogP contribution in [0, 0.1) is 11.6 Å². The molecule has 0 aliphatic carbocycles. The van der Waals surface area contributed by atoms with Gasteiger partial charge in [-0.1, -0.05) is 17.7 Å². The number of alkyl halides is 3. The number of sulfonamides is 1. The maximum atomic E-state index is 13.8. The monoisotopic (exact) mass is 468 g/mol. The first-order chi connectivity index (χ1) is 13.9. The van der Waals surface area contributed by atoms with Crippen molar-refractivity contribution in [2.24, 2.45) is 0 Å². The molecule has 12 heteroatoms. The van der Waals surface area contributed by atoms with E-state index in [1.807, 2.05) is 0 Å². The zero-order valence-corrected chi connectivity index (χ0v) is 16.7. The first-order valence-electron chi connectivity index (χ1n) is 8.53. The van der Waals surface area contributed by atoms with Gasteiger partial charge in [0, 0.05) is 26.2 Å². The third-order valence-electron chi connectivity index (χ3n) is 4.59. The maximum Gasteiger partial charge on any atom is 0.417 e. The number of rotatable bonds is 3. The Bertz CT molecular complexity index is 1080. The average Bonchev–Trinajstić information content (AvgIpc) is 2.69. The van der Waals surface area contributed by atoms with E-state index in [-0.39, 0.29) is 26.2 Å². The minimum atomic E-state index is -4.83. The Labute approximate surface area is 173 Å². The van der Waals surface area contributed by atoms with E-state index in [4.69, 9.17) is 11.6 Å². The van der Waals surface area contributed by atoms with E-state index < -0.39 is 54.8 Å². The molecule has 0 saturated carbocycles. The van der Waals surface area contributed by atoms with Crippen LogP contribution in [0.25, 0.3) is 0 Å². The van der Waals surface area contributed by atoms with Gasteiger partial charge in [-0.25, -0.2) is 17.2 Å². The second-order valence-electron chi connectivity index (χ2n) is 6.44. The summed E-state index contributed by atoms with van der Waals surface area (Å²) in [5.41, 5.74) is -1.76. The van der Waals surface area contributed by atoms with Crippen molar-refractivity contribution in [3.05, 3.63) is 64.2 Å². The molecule has 1 aliphatic heterocycles. The molecule has 0 radical (unpaired) electrons. The van der Waals surface area contributed by atoms with Gasteiger partial charge in [-0.2, -0.15) is 17.5 Å². The number of piperazine rings is 1. The first kappa shape index (κ1) is 22.4. The van der Waals surface area contributed by atoms with Crippen molar-refractivity contribution in [3.8, 4) is 0 Å². The van der Waals surface area contributed by atoms with Crippen LogP contribution in [0.15, 0.2) is 41.3 Å². The smallest absolute Gasteiger partial charge is 0.336 e. The maximum absolute atomic E-state index is 13.8. The number of carbonyl (C=O) groups excluding carboxylic acids is 1. The number of nitrogens with zero attached hydrogens (tertiary/aromatic N) is 2. The van der Waals surface area contributed by atoms with E-state index in [0.29, 0.717) is 6.07 Å². The Morgan fingerprint density at radius 1 is 1.00 bits per heavy atom. The molecular weight excluding hydrogens is 455 g/mol. The van der Waals surface area contributed by atoms with E-state index in [1.165, 1.54) is 6.07 Å². The lowest BCUT2D eigenvalue weighted by atomic mass is 10.1. The molecule has 1 saturated heterocycles. The topological polar surface area (TPSA) is 57.7 Å². The van der Waals surface area contributed by atoms with Crippen LogP contribution in [-0.4, -0.2) is 49.7 Å². The Morgan fingerprint density at radius 2 is 1.63 bits per heavy atom. The van der Waals surface area contributed by atoms with Gasteiger partial charge in [-0.05, 0) is 30.3 Å². The van der Waals surface area contributed by atoms with Crippen molar-refractivity contribution in [2.45, 2.75) is 11.1 Å². The molecule has 2 aromatic rings. The van der Waals surface area contributed by atoms with Crippen LogP contribution in [0.1, 0.15) is 15.9 Å². The highest BCUT2D eigenvalue weighted by molar-refractivity contribution is 7.89. The zero-order chi connectivity index (χ0) is 22.3. The van der Waals surface area contributed by atoms with Crippen LogP contribution in [0.2, 0.25) is 5.02 Å². The molecule has 162 valence electrons. The summed E-state index contributed by atoms with van der Waals surface area (Å²) < 4.78 is 92.6. The fourth-order valence-electron chi connectivity index (χ4n) is 3.00. The number of hydrogen-bond donors (Lipinski definition) is 0. The molecule has 5 nitrogen and oxygen atoms in total. The highest BCUT2D eigenvalue weighted by Gasteiger charge is 2.36. The predicted molar refractivity (Wildman–Crippen MR) is 97.5 cm³/mol. The van der Waals surface area contributed by atoms with Gasteiger partial charge in [0.15, 0.2) is 11.6 Å². The standard InChI is InChI=1S/C18H14ClF5N2O3S/c19-14-5-4-11(10-13(14)18(22,23)24)30(28,29)26-8-6-25(7-9-26)17(27)12-2-1-3-15(20)16(12)21/h1-5,10H,6-9H2. The second kappa shape index (κ2) is 8.12. The van der Waals surface area contributed by atoms with E-state index in [9.17, 15) is 35.2 Å². The summed E-state index contributed by atoms with van der Waals surface area (Å²) >= 11 is 5.52. The Hall–Kier alpha value is -2.24. The van der Waals surface area contributed by atoms with Crippen LogP contribution < -0.4 is 0 Å². The summed E-state index contributed by atoms with van der Waals surface area (Å²) in [4.78, 5) is 13.0. The fourth-order valence-corrected chi connectivity index (χ4v) is 4.68. The second-order valence-corrected chi connectivity index (χ2v) is 8.78. The van der Waals surface area contributed by atoms with E-state index >= 15 is 0 Å². The molecule has 1 aliphatic rings. The molecule has 0 aromatic heterocycles. The van der Waals surface area contributed by atoms with Crippen molar-refractivity contribution in [1.29, 1.82) is 0 Å². The predicted octanol–water partition coefficient (Wildman–Crippen LogP) is 3.78. The Balaban J connectivity index is 1.77. The van der Waals surface area contributed by atoms with Crippen molar-refractivity contribution >= 4 is 27.5 Å². The summed E-state index contributed by atoms with van der Waals surface area (Å²) in [6.07, 6.45) is -4.83. The number of hydrogen-bond acceptors (Lipinski definition) is 3. The lowest BCUT2D eigenvalue weighted by molar-refractivity contribution is -0.137. The molecule has 0 unspecified atom stereocenters. The normalized spacial score (nSPS) is 16.0. The van der Waals surface area contributed by atoms with E-state index in [0.717, 1.165) is 33.5 Å². The quantitative estimate of drug-likeness (QED) is 0.644. The molecule has 2 aromatic carbocycles. The van der Waals surface area contributed by atoms with Gasteiger partial charge in [-0.15, -0.1) is 0 Å². The lowest BCUT2D eigenvalue weighted by Gasteiger charge is -2.34. The van der Waals surface area contributed by atoms with Crippen LogP contribution in [-0.2, 0) is 16.2 Å². The third-order valence-corrected chi connectivity index (χ3v) is 6.81. The highest BCUT2D eigenvalue weighted by atomic mass is 35.5. The van der Waals surface area contributed by atoms with Crippen LogP contribution in [0.3, 0.4) is 0 Å². The van der Waals surface area contributed by atoms with E-state index in [2.05, 4.69) is 0 Å². The summed E-state index contributed by atoms with van der Waals surface area (Å²) in [5.74, 6) is -3.31. The van der Waals surface area contributed by atoms with Crippen molar-refractivity contribution in [1.82, 2.24) is 9.21 Å². The number of benzene rings is 2. The van der Waals surface area contributed by atoms with Crippen LogP contribution in [0.5, 0.6) is 0 Å². The van der Waals surface area contributed by atoms with Crippen molar-refractivity contribution in [2.75, 3.05) is 26.2 Å². The molecule has 0 N–H and O–H groups in total. The Morgan fingerprint density at radius 3 is 2.23 bits per heavy atom. The summed E-state index contributed by atoms with van der Waals surface area (Å²) in [6.45, 7) is -0.745. The molecule has 1 amide bonds. The first-order valence-corrected chi connectivity index (χ1v) is 10.3. The molecule has 1 fully saturated rings. The molecule has 0 spiro atoms. The van der Waals surface area contributed by atoms with Crippen molar-refractivity contribution < 1.29 is 35.2 Å². The van der Waals surface area contributed by atoms with Gasteiger partial charge in [0.2, 0.25) is 10.0 Å². The summed E-state index contributed by atoms with van der Waals surface area (Å²) in [6, 6.07) is 5.41. The Kier molecular flexibility index (Phi) is 6.08. The SMILES string of the molecule is O=C(c1cccc(F)c1F)N1CCN(S(=O)(=O)c2ccc(Cl)c(C(F)(F)F)c2)CC1. The molecular formula is C18H14ClF5N2O3S. The number of halogens is 6. The average molecular weight is 469 g/mol. The fraction of sp³-hybridized carbons (Fsp3) is 0.278. The number of carbonyl (C=O) groups is 1. The van der Waals surface area contributed by atoms with E-state index in [1.54, 1.807) is 0 Å². The zero-order valence-electron chi connectivity index (χ0n) is 15.1. The van der Waals surface area contributed by atoms with Gasteiger partial charge in [0.1, 0.15) is 0 Å². The third kappa shape index (κ3) is 4.28. The molecule has 0 bridgehead atoms. The summed E-state index contributed by atoms with van der Waals surface area (Å²) in [7, 11) is -4.29. The van der Waals surface area contributed by atoms with Gasteiger partial charge in [0.25, 0.3) is 5.91 Å². The van der Waals surface area contributed by atoms with Gasteiger partial charge >= 0.3 is 6.18 Å². The van der Waals surface area contributed by atoms with Crippen molar-refractivity contribution in [3.63, 3.8) is 0 Å². The summed E-state index contributed by atoms with van der Waals surface area (Å²) in [5, 5.41) is -0.631. The van der Waals surface area contributed by atoms with Gasteiger partial charge in [-0.3, -0.25) is 4.79 Å². The molecule has 3 rings (SSSR count). The molecule has 1 heterocycles. The van der Waals surface area contributed by atoms with Crippen LogP contribution >= 0.6 is 11.6 Å². The lowest BCUT2D eigenvalue weighted by Crippen LogP contribution is -2.50. The number of amides is 1. The minimum Gasteiger partial charge on any atom is -0.336 e. The van der Waals surface area contributed by atoms with Gasteiger partial charge < -0.3 is 4.90 Å². The molecule has 0 atom stereocenters.